The first-order valence-electron chi connectivity index (χ1n) is 3.00. The van der Waals surface area contributed by atoms with Gasteiger partial charge in [0.15, 0.2) is 5.91 Å². The van der Waals surface area contributed by atoms with Crippen LogP contribution in [0.5, 0.6) is 0 Å². The Bertz CT molecular complexity index is 51.8. The first-order valence-corrected chi connectivity index (χ1v) is 3.00. The number of hydrogen-bond acceptors (Lipinski definition) is 4. The SMILES string of the molecule is CNC(NC)(NC)NC. The lowest BCUT2D eigenvalue weighted by molar-refractivity contribution is 0.202. The molecule has 56 valence electrons. The van der Waals surface area contributed by atoms with E-state index >= 15 is 0 Å². The van der Waals surface area contributed by atoms with E-state index in [0.717, 1.165) is 0 Å². The minimum atomic E-state index is -0.333. The highest BCUT2D eigenvalue weighted by atomic mass is 15.5. The molecule has 0 fully saturated rings. The second-order valence-electron chi connectivity index (χ2n) is 1.75. The van der Waals surface area contributed by atoms with Crippen molar-refractivity contribution in [2.45, 2.75) is 5.91 Å². The van der Waals surface area contributed by atoms with Gasteiger partial charge in [-0.2, -0.15) is 0 Å². The molecular formula is C5H16N4. The standard InChI is InChI=1S/C5H16N4/c1-6-5(7-2,8-3)9-4/h6-9H,1-4H3. The summed E-state index contributed by atoms with van der Waals surface area (Å²) in [5.74, 6) is -0.333. The topological polar surface area (TPSA) is 48.1 Å². The Morgan fingerprint density at radius 2 is 0.889 bits per heavy atom. The average molecular weight is 132 g/mol. The smallest absolute Gasteiger partial charge is 0.180 e. The van der Waals surface area contributed by atoms with Crippen molar-refractivity contribution in [3.63, 3.8) is 0 Å². The second-order valence-corrected chi connectivity index (χ2v) is 1.75. The average Bonchev–Trinajstić information content (AvgIpc) is 1.95. The van der Waals surface area contributed by atoms with Gasteiger partial charge in [-0.05, 0) is 28.2 Å². The van der Waals surface area contributed by atoms with Crippen LogP contribution in [-0.4, -0.2) is 34.1 Å². The third kappa shape index (κ3) is 1.91. The van der Waals surface area contributed by atoms with E-state index in [-0.39, 0.29) is 5.91 Å². The maximum atomic E-state index is 3.03. The van der Waals surface area contributed by atoms with Crippen LogP contribution in [0.4, 0.5) is 0 Å². The highest BCUT2D eigenvalue weighted by Gasteiger charge is 2.18. The summed E-state index contributed by atoms with van der Waals surface area (Å²) in [5, 5.41) is 12.1. The molecule has 0 aromatic heterocycles. The third-order valence-electron chi connectivity index (χ3n) is 1.50. The summed E-state index contributed by atoms with van der Waals surface area (Å²) in [6.07, 6.45) is 0. The zero-order valence-electron chi connectivity index (χ0n) is 6.50. The highest BCUT2D eigenvalue weighted by molar-refractivity contribution is 4.71. The molecule has 0 saturated carbocycles. The van der Waals surface area contributed by atoms with Crippen LogP contribution in [0.25, 0.3) is 0 Å². The van der Waals surface area contributed by atoms with Crippen molar-refractivity contribution < 1.29 is 0 Å². The fourth-order valence-electron chi connectivity index (χ4n) is 0.750. The van der Waals surface area contributed by atoms with Crippen molar-refractivity contribution in [2.24, 2.45) is 0 Å². The van der Waals surface area contributed by atoms with Crippen LogP contribution in [0.15, 0.2) is 0 Å². The van der Waals surface area contributed by atoms with Crippen LogP contribution in [-0.2, 0) is 0 Å². The molecule has 9 heavy (non-hydrogen) atoms. The van der Waals surface area contributed by atoms with E-state index in [2.05, 4.69) is 21.3 Å². The van der Waals surface area contributed by atoms with Gasteiger partial charge >= 0.3 is 0 Å². The van der Waals surface area contributed by atoms with E-state index in [9.17, 15) is 0 Å². The summed E-state index contributed by atoms with van der Waals surface area (Å²) in [5.41, 5.74) is 0. The predicted molar refractivity (Wildman–Crippen MR) is 39.0 cm³/mol. The van der Waals surface area contributed by atoms with Gasteiger partial charge in [-0.15, -0.1) is 0 Å². The maximum Gasteiger partial charge on any atom is 0.180 e. The first kappa shape index (κ1) is 8.84. The van der Waals surface area contributed by atoms with Crippen LogP contribution in [0.1, 0.15) is 0 Å². The minimum Gasteiger partial charge on any atom is -0.277 e. The third-order valence-corrected chi connectivity index (χ3v) is 1.50. The van der Waals surface area contributed by atoms with Crippen LogP contribution >= 0.6 is 0 Å². The second kappa shape index (κ2) is 3.79. The minimum absolute atomic E-state index is 0.333. The van der Waals surface area contributed by atoms with Gasteiger partial charge in [-0.3, -0.25) is 21.3 Å². The summed E-state index contributed by atoms with van der Waals surface area (Å²) >= 11 is 0. The largest absolute Gasteiger partial charge is 0.277 e. The van der Waals surface area contributed by atoms with E-state index < -0.39 is 0 Å². The van der Waals surface area contributed by atoms with Gasteiger partial charge in [0.1, 0.15) is 0 Å². The molecule has 0 unspecified atom stereocenters. The van der Waals surface area contributed by atoms with Gasteiger partial charge in [-0.1, -0.05) is 0 Å². The highest BCUT2D eigenvalue weighted by Crippen LogP contribution is 1.80. The summed E-state index contributed by atoms with van der Waals surface area (Å²) in [6.45, 7) is 0. The molecule has 0 aliphatic heterocycles. The number of hydrogen-bond donors (Lipinski definition) is 4. The molecule has 0 spiro atoms. The first-order chi connectivity index (χ1) is 4.24. The Hall–Kier alpha value is -0.160. The Morgan fingerprint density at radius 3 is 0.889 bits per heavy atom. The van der Waals surface area contributed by atoms with E-state index in [0.29, 0.717) is 0 Å². The Labute approximate surface area is 56.4 Å². The van der Waals surface area contributed by atoms with Crippen molar-refractivity contribution >= 4 is 0 Å². The van der Waals surface area contributed by atoms with Crippen molar-refractivity contribution in [3.8, 4) is 0 Å². The molecule has 0 radical (unpaired) electrons. The lowest BCUT2D eigenvalue weighted by atomic mass is 10.6. The van der Waals surface area contributed by atoms with Crippen molar-refractivity contribution in [1.29, 1.82) is 0 Å². The summed E-state index contributed by atoms with van der Waals surface area (Å²) < 4.78 is 0. The molecular weight excluding hydrogens is 116 g/mol. The maximum absolute atomic E-state index is 3.03. The molecule has 0 rings (SSSR count). The van der Waals surface area contributed by atoms with Gasteiger partial charge in [0.05, 0.1) is 0 Å². The molecule has 4 N–H and O–H groups in total. The molecule has 0 aliphatic carbocycles. The van der Waals surface area contributed by atoms with Crippen LogP contribution in [0, 0.1) is 0 Å². The fourth-order valence-corrected chi connectivity index (χ4v) is 0.750. The van der Waals surface area contributed by atoms with Crippen LogP contribution in [0.2, 0.25) is 0 Å². The van der Waals surface area contributed by atoms with E-state index in [1.54, 1.807) is 0 Å². The molecule has 0 bridgehead atoms. The zero-order chi connectivity index (χ0) is 7.33. The number of nitrogens with one attached hydrogen (secondary N) is 4. The van der Waals surface area contributed by atoms with Crippen molar-refractivity contribution in [2.75, 3.05) is 28.2 Å². The quantitative estimate of drug-likeness (QED) is 0.351. The molecule has 0 heterocycles. The Morgan fingerprint density at radius 1 is 0.667 bits per heavy atom. The van der Waals surface area contributed by atoms with Gasteiger partial charge in [0.2, 0.25) is 0 Å². The monoisotopic (exact) mass is 132 g/mol. The van der Waals surface area contributed by atoms with Crippen molar-refractivity contribution in [3.05, 3.63) is 0 Å². The summed E-state index contributed by atoms with van der Waals surface area (Å²) in [4.78, 5) is 0. The Balaban J connectivity index is 3.82. The van der Waals surface area contributed by atoms with E-state index in [4.69, 9.17) is 0 Å². The lowest BCUT2D eigenvalue weighted by Gasteiger charge is -2.31. The molecule has 0 aromatic rings. The fraction of sp³-hybridized carbons (Fsp3) is 1.00. The van der Waals surface area contributed by atoms with Crippen LogP contribution < -0.4 is 21.3 Å². The molecule has 0 atom stereocenters. The van der Waals surface area contributed by atoms with Crippen LogP contribution in [0.3, 0.4) is 0 Å². The molecule has 0 aliphatic rings. The van der Waals surface area contributed by atoms with Crippen molar-refractivity contribution in [1.82, 2.24) is 21.3 Å². The Kier molecular flexibility index (Phi) is 3.72. The van der Waals surface area contributed by atoms with Gasteiger partial charge in [0, 0.05) is 0 Å². The van der Waals surface area contributed by atoms with Gasteiger partial charge < -0.3 is 0 Å². The predicted octanol–water partition coefficient (Wildman–Crippen LogP) is -1.52. The molecule has 0 aromatic carbocycles. The molecule has 4 heteroatoms. The van der Waals surface area contributed by atoms with Gasteiger partial charge in [0.25, 0.3) is 0 Å². The molecule has 0 amide bonds. The molecule has 4 nitrogen and oxygen atoms in total. The summed E-state index contributed by atoms with van der Waals surface area (Å²) in [6, 6.07) is 0. The normalized spacial score (nSPS) is 12.0. The van der Waals surface area contributed by atoms with Gasteiger partial charge in [-0.25, -0.2) is 0 Å². The molecule has 0 saturated heterocycles. The summed E-state index contributed by atoms with van der Waals surface area (Å²) in [7, 11) is 7.46. The zero-order valence-corrected chi connectivity index (χ0v) is 6.50. The number of rotatable bonds is 4. The lowest BCUT2D eigenvalue weighted by Crippen LogP contribution is -2.71. The van der Waals surface area contributed by atoms with E-state index in [1.165, 1.54) is 0 Å². The van der Waals surface area contributed by atoms with E-state index in [1.807, 2.05) is 28.2 Å².